The van der Waals surface area contributed by atoms with Crippen LogP contribution >= 0.6 is 0 Å². The molecule has 7 heteroatoms. The van der Waals surface area contributed by atoms with Crippen LogP contribution in [0.5, 0.6) is 0 Å². The summed E-state index contributed by atoms with van der Waals surface area (Å²) >= 11 is 0. The summed E-state index contributed by atoms with van der Waals surface area (Å²) in [5, 5.41) is 4.56. The van der Waals surface area contributed by atoms with Crippen LogP contribution in [0.1, 0.15) is 24.1 Å². The molecule has 31 heavy (non-hydrogen) atoms. The number of rotatable bonds is 5. The van der Waals surface area contributed by atoms with Crippen molar-refractivity contribution in [3.63, 3.8) is 0 Å². The minimum absolute atomic E-state index is 0.0576. The fraction of sp³-hybridized carbons (Fsp3) is 0.292. The number of benzene rings is 1. The van der Waals surface area contributed by atoms with Crippen LogP contribution < -0.4 is 10.9 Å². The number of aromatic nitrogens is 4. The molecule has 4 aromatic rings. The Bertz CT molecular complexity index is 1270. The number of anilines is 1. The fourth-order valence-electron chi connectivity index (χ4n) is 4.03. The molecule has 158 valence electrons. The zero-order valence-electron chi connectivity index (χ0n) is 17.5. The fourth-order valence-corrected chi connectivity index (χ4v) is 4.03. The highest BCUT2D eigenvalue weighted by molar-refractivity contribution is 5.81. The molecule has 4 heterocycles. The normalized spacial score (nSPS) is 14.7. The van der Waals surface area contributed by atoms with Crippen molar-refractivity contribution in [1.29, 1.82) is 0 Å². The molecular weight excluding hydrogens is 390 g/mol. The molecule has 1 aromatic carbocycles. The van der Waals surface area contributed by atoms with Crippen molar-refractivity contribution in [1.82, 2.24) is 19.5 Å². The number of nitrogens with one attached hydrogen (secondary N) is 2. The van der Waals surface area contributed by atoms with Crippen molar-refractivity contribution in [3.05, 3.63) is 76.5 Å². The third kappa shape index (κ3) is 4.36. The molecule has 0 radical (unpaired) electrons. The molecule has 0 bridgehead atoms. The second-order valence-corrected chi connectivity index (χ2v) is 8.05. The van der Waals surface area contributed by atoms with Crippen LogP contribution in [0.2, 0.25) is 0 Å². The van der Waals surface area contributed by atoms with Crippen molar-refractivity contribution in [2.24, 2.45) is 0 Å². The van der Waals surface area contributed by atoms with Gasteiger partial charge in [-0.25, -0.2) is 9.97 Å². The van der Waals surface area contributed by atoms with E-state index in [-0.39, 0.29) is 5.56 Å². The van der Waals surface area contributed by atoms with Gasteiger partial charge in [-0.05, 0) is 55.0 Å². The van der Waals surface area contributed by atoms with Crippen LogP contribution in [0.4, 0.5) is 5.95 Å². The summed E-state index contributed by atoms with van der Waals surface area (Å²) in [7, 11) is 0. The number of aryl methyl sites for hydroxylation is 1. The smallest absolute Gasteiger partial charge is 0.251 e. The number of H-pyrrole nitrogens is 1. The van der Waals surface area contributed by atoms with Crippen LogP contribution in [0, 0.1) is 6.92 Å². The molecule has 5 rings (SSSR count). The van der Waals surface area contributed by atoms with E-state index >= 15 is 0 Å². The molecule has 1 aliphatic heterocycles. The summed E-state index contributed by atoms with van der Waals surface area (Å²) in [6.07, 6.45) is 5.44. The van der Waals surface area contributed by atoms with Gasteiger partial charge in [0.05, 0.1) is 12.2 Å². The van der Waals surface area contributed by atoms with Gasteiger partial charge < -0.3 is 19.6 Å². The van der Waals surface area contributed by atoms with Gasteiger partial charge in [0, 0.05) is 54.5 Å². The zero-order chi connectivity index (χ0) is 21.2. The van der Waals surface area contributed by atoms with Gasteiger partial charge >= 0.3 is 0 Å². The summed E-state index contributed by atoms with van der Waals surface area (Å²) in [4.78, 5) is 25.1. The van der Waals surface area contributed by atoms with E-state index in [0.717, 1.165) is 54.1 Å². The van der Waals surface area contributed by atoms with Gasteiger partial charge in [0.15, 0.2) is 0 Å². The molecule has 1 aliphatic rings. The Kier molecular flexibility index (Phi) is 5.26. The largest absolute Gasteiger partial charge is 0.381 e. The second kappa shape index (κ2) is 8.35. The molecule has 0 spiro atoms. The minimum Gasteiger partial charge on any atom is -0.381 e. The minimum atomic E-state index is -0.0576. The lowest BCUT2D eigenvalue weighted by Crippen LogP contribution is -2.28. The first kappa shape index (κ1) is 19.5. The van der Waals surface area contributed by atoms with Gasteiger partial charge in [-0.15, -0.1) is 0 Å². The van der Waals surface area contributed by atoms with Gasteiger partial charge in [-0.2, -0.15) is 0 Å². The molecule has 0 aliphatic carbocycles. The van der Waals surface area contributed by atoms with Crippen molar-refractivity contribution in [3.8, 4) is 11.3 Å². The Morgan fingerprint density at radius 2 is 2.03 bits per heavy atom. The van der Waals surface area contributed by atoms with Gasteiger partial charge in [-0.3, -0.25) is 4.79 Å². The van der Waals surface area contributed by atoms with E-state index in [1.807, 2.05) is 25.3 Å². The molecule has 3 aromatic heterocycles. The van der Waals surface area contributed by atoms with Gasteiger partial charge in [-0.1, -0.05) is 12.1 Å². The Morgan fingerprint density at radius 3 is 2.87 bits per heavy atom. The number of hydrogen-bond acceptors (Lipinski definition) is 5. The van der Waals surface area contributed by atoms with E-state index < -0.39 is 0 Å². The molecule has 2 N–H and O–H groups in total. The van der Waals surface area contributed by atoms with Crippen molar-refractivity contribution in [2.45, 2.75) is 32.4 Å². The molecule has 1 fully saturated rings. The average Bonchev–Trinajstić information content (AvgIpc) is 3.15. The van der Waals surface area contributed by atoms with Crippen LogP contribution in [-0.2, 0) is 11.3 Å². The van der Waals surface area contributed by atoms with E-state index in [0.29, 0.717) is 18.5 Å². The summed E-state index contributed by atoms with van der Waals surface area (Å²) in [5.41, 5.74) is 4.76. The number of hydrogen-bond donors (Lipinski definition) is 2. The third-order valence-electron chi connectivity index (χ3n) is 5.68. The lowest BCUT2D eigenvalue weighted by molar-refractivity contribution is 0.0903. The monoisotopic (exact) mass is 415 g/mol. The first-order chi connectivity index (χ1) is 15.1. The van der Waals surface area contributed by atoms with E-state index in [1.165, 1.54) is 5.39 Å². The van der Waals surface area contributed by atoms with E-state index in [4.69, 9.17) is 4.74 Å². The van der Waals surface area contributed by atoms with Crippen LogP contribution in [-0.4, -0.2) is 38.8 Å². The maximum atomic E-state index is 12.8. The number of fused-ring (bicyclic) bond motifs is 1. The predicted molar refractivity (Wildman–Crippen MR) is 121 cm³/mol. The maximum Gasteiger partial charge on any atom is 0.251 e. The highest BCUT2D eigenvalue weighted by Gasteiger charge is 2.15. The predicted octanol–water partition coefficient (Wildman–Crippen LogP) is 3.73. The molecule has 0 atom stereocenters. The Morgan fingerprint density at radius 1 is 1.16 bits per heavy atom. The van der Waals surface area contributed by atoms with Crippen molar-refractivity contribution >= 4 is 16.9 Å². The Labute approximate surface area is 180 Å². The summed E-state index contributed by atoms with van der Waals surface area (Å²) in [6, 6.07) is 14.1. The number of pyridine rings is 1. The second-order valence-electron chi connectivity index (χ2n) is 8.05. The summed E-state index contributed by atoms with van der Waals surface area (Å²) < 4.78 is 7.11. The van der Waals surface area contributed by atoms with E-state index in [1.54, 1.807) is 16.8 Å². The van der Waals surface area contributed by atoms with Gasteiger partial charge in [0.25, 0.3) is 5.56 Å². The van der Waals surface area contributed by atoms with Crippen LogP contribution in [0.3, 0.4) is 0 Å². The van der Waals surface area contributed by atoms with E-state index in [2.05, 4.69) is 44.5 Å². The van der Waals surface area contributed by atoms with Crippen molar-refractivity contribution in [2.75, 3.05) is 18.5 Å². The third-order valence-corrected chi connectivity index (χ3v) is 5.68. The molecule has 0 amide bonds. The summed E-state index contributed by atoms with van der Waals surface area (Å²) in [5.74, 6) is 0.586. The molecule has 1 saturated heterocycles. The topological polar surface area (TPSA) is 84.8 Å². The number of nitrogens with zero attached hydrogens (tertiary/aromatic N) is 3. The molecular formula is C24H25N5O2. The lowest BCUT2D eigenvalue weighted by atomic mass is 10.1. The van der Waals surface area contributed by atoms with E-state index in [9.17, 15) is 4.79 Å². The average molecular weight is 415 g/mol. The molecule has 0 unspecified atom stereocenters. The maximum absolute atomic E-state index is 12.8. The standard InChI is InChI=1S/C24H25N5O2/c1-16-12-18-3-2-17(13-22(18)26-16)15-29-9-5-19(14-23(29)30)21-4-8-25-24(28-21)27-20-6-10-31-11-7-20/h2-5,8-9,12-14,20,26H,6-7,10-11,15H2,1H3,(H,25,27,28). The Balaban J connectivity index is 1.35. The SMILES string of the molecule is Cc1cc2ccc(Cn3ccc(-c4ccnc(NC5CCOCC5)n4)cc3=O)cc2[nH]1. The first-order valence-electron chi connectivity index (χ1n) is 10.6. The van der Waals surface area contributed by atoms with Crippen LogP contribution in [0.25, 0.3) is 22.2 Å². The van der Waals surface area contributed by atoms with Crippen molar-refractivity contribution < 1.29 is 4.74 Å². The molecule has 7 nitrogen and oxygen atoms in total. The zero-order valence-corrected chi connectivity index (χ0v) is 17.5. The highest BCUT2D eigenvalue weighted by Crippen LogP contribution is 2.19. The Hall–Kier alpha value is -3.45. The number of aromatic amines is 1. The first-order valence-corrected chi connectivity index (χ1v) is 10.6. The quantitative estimate of drug-likeness (QED) is 0.519. The highest BCUT2D eigenvalue weighted by atomic mass is 16.5. The van der Waals surface area contributed by atoms with Gasteiger partial charge in [0.2, 0.25) is 5.95 Å². The van der Waals surface area contributed by atoms with Crippen LogP contribution in [0.15, 0.2) is 59.7 Å². The lowest BCUT2D eigenvalue weighted by Gasteiger charge is -2.23. The summed E-state index contributed by atoms with van der Waals surface area (Å²) in [6.45, 7) is 4.08. The molecule has 0 saturated carbocycles. The van der Waals surface area contributed by atoms with Gasteiger partial charge in [0.1, 0.15) is 0 Å². The number of ether oxygens (including phenoxy) is 1.